The molecule has 0 radical (unpaired) electrons. The van der Waals surface area contributed by atoms with Crippen molar-refractivity contribution in [2.45, 2.75) is 13.2 Å². The fourth-order valence-corrected chi connectivity index (χ4v) is 2.42. The zero-order chi connectivity index (χ0) is 18.4. The number of carbonyl (C=O) groups is 1. The van der Waals surface area contributed by atoms with E-state index in [9.17, 15) is 9.18 Å². The van der Waals surface area contributed by atoms with E-state index in [-0.39, 0.29) is 11.4 Å². The Hall–Kier alpha value is -3.34. The highest BCUT2D eigenvalue weighted by Crippen LogP contribution is 2.16. The van der Waals surface area contributed by atoms with Gasteiger partial charge in [0.2, 0.25) is 0 Å². The van der Waals surface area contributed by atoms with Crippen LogP contribution in [0.5, 0.6) is 5.75 Å². The largest absolute Gasteiger partial charge is 0.489 e. The molecular weight excluding hydrogens is 333 g/mol. The molecule has 0 saturated heterocycles. The summed E-state index contributed by atoms with van der Waals surface area (Å²) in [6.45, 7) is 0.946. The summed E-state index contributed by atoms with van der Waals surface area (Å²) in [7, 11) is 0. The Bertz CT molecular complexity index is 877. The maximum atomic E-state index is 12.9. The molecule has 0 bridgehead atoms. The van der Waals surface area contributed by atoms with Crippen molar-refractivity contribution in [1.82, 2.24) is 0 Å². The van der Waals surface area contributed by atoms with E-state index in [0.717, 1.165) is 22.6 Å². The number of anilines is 1. The van der Waals surface area contributed by atoms with E-state index >= 15 is 0 Å². The van der Waals surface area contributed by atoms with Gasteiger partial charge >= 0.3 is 5.97 Å². The standard InChI is InChI=1S/C21H18FNO3/c22-18-8-4-16(5-9-18)14-26-20-10-6-15(7-11-20)13-23-19-3-1-2-17(12-19)21(24)25/h1-12,23H,13-14H2,(H,24,25). The van der Waals surface area contributed by atoms with Crippen molar-refractivity contribution in [3.63, 3.8) is 0 Å². The minimum Gasteiger partial charge on any atom is -0.489 e. The summed E-state index contributed by atoms with van der Waals surface area (Å²) in [5, 5.41) is 12.2. The molecule has 2 N–H and O–H groups in total. The van der Waals surface area contributed by atoms with Gasteiger partial charge in [0.15, 0.2) is 0 Å². The molecule has 0 aliphatic heterocycles. The number of rotatable bonds is 7. The number of ether oxygens (including phenoxy) is 1. The number of hydrogen-bond donors (Lipinski definition) is 2. The predicted octanol–water partition coefficient (Wildman–Crippen LogP) is 4.72. The smallest absolute Gasteiger partial charge is 0.335 e. The molecule has 3 aromatic rings. The molecule has 3 aromatic carbocycles. The Morgan fingerprint density at radius 1 is 0.962 bits per heavy atom. The molecule has 26 heavy (non-hydrogen) atoms. The van der Waals surface area contributed by atoms with Crippen LogP contribution in [0.2, 0.25) is 0 Å². The molecule has 132 valence electrons. The SMILES string of the molecule is O=C(O)c1cccc(NCc2ccc(OCc3ccc(F)cc3)cc2)c1. The van der Waals surface area contributed by atoms with Crippen LogP contribution in [-0.4, -0.2) is 11.1 Å². The van der Waals surface area contributed by atoms with Crippen LogP contribution < -0.4 is 10.1 Å². The van der Waals surface area contributed by atoms with Crippen molar-refractivity contribution in [3.05, 3.63) is 95.3 Å². The topological polar surface area (TPSA) is 58.6 Å². The number of benzene rings is 3. The summed E-state index contributed by atoms with van der Waals surface area (Å²) < 4.78 is 18.6. The highest BCUT2D eigenvalue weighted by atomic mass is 19.1. The van der Waals surface area contributed by atoms with E-state index in [1.165, 1.54) is 12.1 Å². The van der Waals surface area contributed by atoms with Gasteiger partial charge in [-0.05, 0) is 53.6 Å². The molecule has 0 aliphatic carbocycles. The monoisotopic (exact) mass is 351 g/mol. The second-order valence-corrected chi connectivity index (χ2v) is 5.80. The summed E-state index contributed by atoms with van der Waals surface area (Å²) >= 11 is 0. The molecule has 4 nitrogen and oxygen atoms in total. The van der Waals surface area contributed by atoms with Crippen molar-refractivity contribution in [3.8, 4) is 5.75 Å². The third-order valence-corrected chi connectivity index (χ3v) is 3.85. The highest BCUT2D eigenvalue weighted by Gasteiger charge is 2.03. The summed E-state index contributed by atoms with van der Waals surface area (Å²) in [6, 6.07) is 20.5. The van der Waals surface area contributed by atoms with Crippen LogP contribution in [0.25, 0.3) is 0 Å². The summed E-state index contributed by atoms with van der Waals surface area (Å²) in [5.41, 5.74) is 2.94. The molecule has 0 fully saturated rings. The third-order valence-electron chi connectivity index (χ3n) is 3.85. The number of halogens is 1. The number of carboxylic acids is 1. The molecule has 0 amide bonds. The lowest BCUT2D eigenvalue weighted by molar-refractivity contribution is 0.0697. The van der Waals surface area contributed by atoms with Crippen LogP contribution in [0.3, 0.4) is 0 Å². The van der Waals surface area contributed by atoms with E-state index in [4.69, 9.17) is 9.84 Å². The van der Waals surface area contributed by atoms with Crippen LogP contribution in [0.15, 0.2) is 72.8 Å². The maximum Gasteiger partial charge on any atom is 0.335 e. The van der Waals surface area contributed by atoms with E-state index in [0.29, 0.717) is 13.2 Å². The molecule has 0 spiro atoms. The van der Waals surface area contributed by atoms with Crippen LogP contribution >= 0.6 is 0 Å². The van der Waals surface area contributed by atoms with Gasteiger partial charge in [-0.15, -0.1) is 0 Å². The lowest BCUT2D eigenvalue weighted by atomic mass is 10.2. The Kier molecular flexibility index (Phi) is 5.49. The molecule has 5 heteroatoms. The summed E-state index contributed by atoms with van der Waals surface area (Å²) in [6.07, 6.45) is 0. The summed E-state index contributed by atoms with van der Waals surface area (Å²) in [5.74, 6) is -0.484. The van der Waals surface area contributed by atoms with Gasteiger partial charge in [0, 0.05) is 12.2 Å². The van der Waals surface area contributed by atoms with E-state index in [1.807, 2.05) is 30.3 Å². The van der Waals surface area contributed by atoms with Gasteiger partial charge in [-0.2, -0.15) is 0 Å². The first-order chi connectivity index (χ1) is 12.6. The minimum absolute atomic E-state index is 0.250. The zero-order valence-electron chi connectivity index (χ0n) is 14.0. The Morgan fingerprint density at radius 2 is 1.65 bits per heavy atom. The first-order valence-corrected chi connectivity index (χ1v) is 8.13. The predicted molar refractivity (Wildman–Crippen MR) is 97.9 cm³/mol. The second-order valence-electron chi connectivity index (χ2n) is 5.80. The van der Waals surface area contributed by atoms with Crippen LogP contribution in [0, 0.1) is 5.82 Å². The van der Waals surface area contributed by atoms with Gasteiger partial charge in [0.1, 0.15) is 18.2 Å². The minimum atomic E-state index is -0.948. The number of nitrogens with one attached hydrogen (secondary N) is 1. The summed E-state index contributed by atoms with van der Waals surface area (Å²) in [4.78, 5) is 11.0. The molecule has 0 aliphatic rings. The Labute approximate surface area is 150 Å². The molecule has 0 aromatic heterocycles. The van der Waals surface area contributed by atoms with Crippen LogP contribution in [0.1, 0.15) is 21.5 Å². The molecule has 0 heterocycles. The second kappa shape index (κ2) is 8.16. The van der Waals surface area contributed by atoms with E-state index in [1.54, 1.807) is 30.3 Å². The van der Waals surface area contributed by atoms with Crippen molar-refractivity contribution < 1.29 is 19.0 Å². The lowest BCUT2D eigenvalue weighted by Gasteiger charge is -2.09. The van der Waals surface area contributed by atoms with Gasteiger partial charge in [-0.25, -0.2) is 9.18 Å². The lowest BCUT2D eigenvalue weighted by Crippen LogP contribution is -2.02. The maximum absolute atomic E-state index is 12.9. The van der Waals surface area contributed by atoms with Crippen molar-refractivity contribution in [2.24, 2.45) is 0 Å². The fraction of sp³-hybridized carbons (Fsp3) is 0.0952. The highest BCUT2D eigenvalue weighted by molar-refractivity contribution is 5.88. The number of hydrogen-bond acceptors (Lipinski definition) is 3. The first kappa shape index (κ1) is 17.5. The zero-order valence-corrected chi connectivity index (χ0v) is 14.0. The van der Waals surface area contributed by atoms with Gasteiger partial charge in [0.05, 0.1) is 5.56 Å². The van der Waals surface area contributed by atoms with Gasteiger partial charge in [0.25, 0.3) is 0 Å². The van der Waals surface area contributed by atoms with Crippen LogP contribution in [0.4, 0.5) is 10.1 Å². The van der Waals surface area contributed by atoms with Gasteiger partial charge < -0.3 is 15.2 Å². The number of carboxylic acid groups (broad SMARTS) is 1. The van der Waals surface area contributed by atoms with Gasteiger partial charge in [-0.1, -0.05) is 30.3 Å². The van der Waals surface area contributed by atoms with E-state index < -0.39 is 5.97 Å². The third kappa shape index (κ3) is 4.83. The fourth-order valence-electron chi connectivity index (χ4n) is 2.42. The van der Waals surface area contributed by atoms with E-state index in [2.05, 4.69) is 5.32 Å². The van der Waals surface area contributed by atoms with Gasteiger partial charge in [-0.3, -0.25) is 0 Å². The first-order valence-electron chi connectivity index (χ1n) is 8.13. The molecular formula is C21H18FNO3. The van der Waals surface area contributed by atoms with Crippen molar-refractivity contribution >= 4 is 11.7 Å². The number of aromatic carboxylic acids is 1. The quantitative estimate of drug-likeness (QED) is 0.647. The Morgan fingerprint density at radius 3 is 2.35 bits per heavy atom. The van der Waals surface area contributed by atoms with Crippen molar-refractivity contribution in [2.75, 3.05) is 5.32 Å². The Balaban J connectivity index is 1.53. The molecule has 0 atom stereocenters. The van der Waals surface area contributed by atoms with Crippen molar-refractivity contribution in [1.29, 1.82) is 0 Å². The molecule has 0 saturated carbocycles. The average molecular weight is 351 g/mol. The normalized spacial score (nSPS) is 10.3. The average Bonchev–Trinajstić information content (AvgIpc) is 2.67. The molecule has 0 unspecified atom stereocenters. The molecule has 3 rings (SSSR count). The van der Waals surface area contributed by atoms with Crippen LogP contribution in [-0.2, 0) is 13.2 Å².